The summed E-state index contributed by atoms with van der Waals surface area (Å²) in [5, 5.41) is 1.26. The van der Waals surface area contributed by atoms with Crippen molar-refractivity contribution in [2.45, 2.75) is 13.1 Å². The zero-order valence-electron chi connectivity index (χ0n) is 10.8. The maximum absolute atomic E-state index is 12.3. The van der Waals surface area contributed by atoms with Crippen LogP contribution in [0, 0.1) is 0 Å². The predicted molar refractivity (Wildman–Crippen MR) is 77.9 cm³/mol. The van der Waals surface area contributed by atoms with Gasteiger partial charge in [0.25, 0.3) is 0 Å². The van der Waals surface area contributed by atoms with Crippen LogP contribution in [0.3, 0.4) is 0 Å². The highest BCUT2D eigenvalue weighted by molar-refractivity contribution is 7.92. The number of benzene rings is 1. The van der Waals surface area contributed by atoms with Gasteiger partial charge in [-0.25, -0.2) is 8.42 Å². The number of pyridine rings is 1. The highest BCUT2D eigenvalue weighted by Gasteiger charge is 2.27. The third-order valence-corrected chi connectivity index (χ3v) is 4.71. The smallest absolute Gasteiger partial charge is 0.236 e. The van der Waals surface area contributed by atoms with Crippen molar-refractivity contribution in [3.63, 3.8) is 0 Å². The van der Waals surface area contributed by atoms with Crippen LogP contribution in [0.15, 0.2) is 54.1 Å². The summed E-state index contributed by atoms with van der Waals surface area (Å²) in [4.78, 5) is 4.21. The first-order valence-corrected chi connectivity index (χ1v) is 7.81. The molecule has 20 heavy (non-hydrogen) atoms. The normalized spacial score (nSPS) is 15.6. The van der Waals surface area contributed by atoms with Crippen molar-refractivity contribution < 1.29 is 8.42 Å². The van der Waals surface area contributed by atoms with Crippen molar-refractivity contribution in [1.82, 2.24) is 9.29 Å². The van der Waals surface area contributed by atoms with E-state index in [4.69, 9.17) is 0 Å². The van der Waals surface area contributed by atoms with E-state index in [1.54, 1.807) is 12.3 Å². The fourth-order valence-corrected chi connectivity index (χ4v) is 3.29. The lowest BCUT2D eigenvalue weighted by Gasteiger charge is -2.11. The standard InChI is InChI=1S/C15H14N2O2S/c18-20(19,10-8-13-5-2-1-3-6-13)17-11-14-7-4-9-16-15(14)12-17/h1-10H,11-12H2/b10-8+. The van der Waals surface area contributed by atoms with Crippen molar-refractivity contribution >= 4 is 16.1 Å². The van der Waals surface area contributed by atoms with Crippen LogP contribution in [0.1, 0.15) is 16.8 Å². The lowest BCUT2D eigenvalue weighted by Crippen LogP contribution is -2.23. The molecule has 1 aromatic heterocycles. The SMILES string of the molecule is O=S(=O)(/C=C/c1ccccc1)N1Cc2cccnc2C1. The Morgan fingerprint density at radius 1 is 1.05 bits per heavy atom. The fraction of sp³-hybridized carbons (Fsp3) is 0.133. The first-order chi connectivity index (χ1) is 9.65. The maximum Gasteiger partial charge on any atom is 0.236 e. The van der Waals surface area contributed by atoms with Gasteiger partial charge >= 0.3 is 0 Å². The minimum Gasteiger partial charge on any atom is -0.260 e. The lowest BCUT2D eigenvalue weighted by molar-refractivity contribution is 0.437. The highest BCUT2D eigenvalue weighted by atomic mass is 32.2. The van der Waals surface area contributed by atoms with Gasteiger partial charge in [-0.3, -0.25) is 4.98 Å². The molecule has 5 heteroatoms. The van der Waals surface area contributed by atoms with E-state index >= 15 is 0 Å². The van der Waals surface area contributed by atoms with Crippen LogP contribution in [0.5, 0.6) is 0 Å². The van der Waals surface area contributed by atoms with Crippen LogP contribution in [0.4, 0.5) is 0 Å². The van der Waals surface area contributed by atoms with Crippen LogP contribution in [-0.4, -0.2) is 17.7 Å². The van der Waals surface area contributed by atoms with Gasteiger partial charge in [0.1, 0.15) is 0 Å². The molecule has 0 saturated heterocycles. The Kier molecular flexibility index (Phi) is 3.38. The maximum atomic E-state index is 12.3. The Morgan fingerprint density at radius 2 is 1.85 bits per heavy atom. The molecule has 0 radical (unpaired) electrons. The van der Waals surface area contributed by atoms with Crippen LogP contribution in [-0.2, 0) is 23.1 Å². The van der Waals surface area contributed by atoms with Crippen LogP contribution in [0.25, 0.3) is 6.08 Å². The number of aromatic nitrogens is 1. The largest absolute Gasteiger partial charge is 0.260 e. The summed E-state index contributed by atoms with van der Waals surface area (Å²) < 4.78 is 26.0. The van der Waals surface area contributed by atoms with Crippen molar-refractivity contribution in [3.8, 4) is 0 Å². The number of fused-ring (bicyclic) bond motifs is 1. The molecule has 1 aliphatic heterocycles. The van der Waals surface area contributed by atoms with Crippen molar-refractivity contribution in [3.05, 3.63) is 70.9 Å². The van der Waals surface area contributed by atoms with E-state index in [0.29, 0.717) is 13.1 Å². The van der Waals surface area contributed by atoms with Crippen molar-refractivity contribution in [2.24, 2.45) is 0 Å². The second-order valence-corrected chi connectivity index (χ2v) is 6.45. The first-order valence-electron chi connectivity index (χ1n) is 6.31. The average Bonchev–Trinajstić information content (AvgIpc) is 2.91. The topological polar surface area (TPSA) is 50.3 Å². The van der Waals surface area contributed by atoms with Gasteiger partial charge in [-0.05, 0) is 23.3 Å². The number of rotatable bonds is 3. The van der Waals surface area contributed by atoms with Gasteiger partial charge in [-0.2, -0.15) is 4.31 Å². The molecular weight excluding hydrogens is 272 g/mol. The average molecular weight is 286 g/mol. The number of hydrogen-bond acceptors (Lipinski definition) is 3. The second kappa shape index (κ2) is 5.19. The third-order valence-electron chi connectivity index (χ3n) is 3.25. The molecule has 0 bridgehead atoms. The minimum atomic E-state index is -3.41. The summed E-state index contributed by atoms with van der Waals surface area (Å²) in [5.74, 6) is 0. The second-order valence-electron chi connectivity index (χ2n) is 4.64. The van der Waals surface area contributed by atoms with Crippen molar-refractivity contribution in [1.29, 1.82) is 0 Å². The van der Waals surface area contributed by atoms with E-state index in [1.165, 1.54) is 9.71 Å². The zero-order chi connectivity index (χ0) is 14.0. The van der Waals surface area contributed by atoms with Crippen LogP contribution < -0.4 is 0 Å². The molecule has 1 aromatic carbocycles. The molecule has 102 valence electrons. The van der Waals surface area contributed by atoms with Crippen molar-refractivity contribution in [2.75, 3.05) is 0 Å². The van der Waals surface area contributed by atoms with E-state index < -0.39 is 10.0 Å². The summed E-state index contributed by atoms with van der Waals surface area (Å²) in [6.45, 7) is 0.738. The van der Waals surface area contributed by atoms with E-state index in [0.717, 1.165) is 16.8 Å². The number of sulfonamides is 1. The quantitative estimate of drug-likeness (QED) is 0.870. The van der Waals surface area contributed by atoms with Crippen LogP contribution in [0.2, 0.25) is 0 Å². The van der Waals surface area contributed by atoms with Gasteiger partial charge in [0.05, 0.1) is 12.2 Å². The molecule has 4 nitrogen and oxygen atoms in total. The Morgan fingerprint density at radius 3 is 2.60 bits per heavy atom. The molecule has 2 heterocycles. The molecule has 0 atom stereocenters. The molecular formula is C15H14N2O2S. The minimum absolute atomic E-state index is 0.345. The van der Waals surface area contributed by atoms with Gasteiger partial charge < -0.3 is 0 Å². The summed E-state index contributed by atoms with van der Waals surface area (Å²) in [5.41, 5.74) is 2.68. The summed E-state index contributed by atoms with van der Waals surface area (Å²) in [6.07, 6.45) is 3.31. The first kappa shape index (κ1) is 13.0. The molecule has 0 saturated carbocycles. The molecule has 0 spiro atoms. The van der Waals surface area contributed by atoms with E-state index in [2.05, 4.69) is 4.98 Å². The van der Waals surface area contributed by atoms with Gasteiger partial charge in [0, 0.05) is 18.1 Å². The summed E-state index contributed by atoms with van der Waals surface area (Å²) in [7, 11) is -3.41. The lowest BCUT2D eigenvalue weighted by atomic mass is 10.2. The number of nitrogens with zero attached hydrogens (tertiary/aromatic N) is 2. The zero-order valence-corrected chi connectivity index (χ0v) is 11.6. The molecule has 0 amide bonds. The Labute approximate surface area is 118 Å². The van der Waals surface area contributed by atoms with Gasteiger partial charge in [-0.15, -0.1) is 0 Å². The van der Waals surface area contributed by atoms with Gasteiger partial charge in [0.15, 0.2) is 0 Å². The van der Waals surface area contributed by atoms with E-state index in [-0.39, 0.29) is 0 Å². The summed E-state index contributed by atoms with van der Waals surface area (Å²) >= 11 is 0. The van der Waals surface area contributed by atoms with Gasteiger partial charge in [-0.1, -0.05) is 36.4 Å². The Bertz CT molecular complexity index is 714. The molecule has 3 rings (SSSR count). The molecule has 0 fully saturated rings. The third kappa shape index (κ3) is 2.64. The predicted octanol–water partition coefficient (Wildman–Crippen LogP) is 2.40. The Balaban J connectivity index is 1.79. The monoisotopic (exact) mass is 286 g/mol. The summed E-state index contributed by atoms with van der Waals surface area (Å²) in [6, 6.07) is 13.1. The molecule has 1 aliphatic rings. The van der Waals surface area contributed by atoms with Gasteiger partial charge in [0.2, 0.25) is 10.0 Å². The Hall–Kier alpha value is -1.98. The molecule has 2 aromatic rings. The molecule has 0 aliphatic carbocycles. The van der Waals surface area contributed by atoms with E-state index in [9.17, 15) is 8.42 Å². The van der Waals surface area contributed by atoms with E-state index in [1.807, 2.05) is 42.5 Å². The number of hydrogen-bond donors (Lipinski definition) is 0. The molecule has 0 N–H and O–H groups in total. The fourth-order valence-electron chi connectivity index (χ4n) is 2.17. The molecule has 0 unspecified atom stereocenters. The van der Waals surface area contributed by atoms with Crippen LogP contribution >= 0.6 is 0 Å². The highest BCUT2D eigenvalue weighted by Crippen LogP contribution is 2.24.